The normalized spacial score (nSPS) is 13.2. The molecule has 250 valence electrons. The van der Waals surface area contributed by atoms with Crippen LogP contribution < -0.4 is 4.90 Å². The van der Waals surface area contributed by atoms with Crippen molar-refractivity contribution in [2.24, 2.45) is 0 Å². The van der Waals surface area contributed by atoms with Gasteiger partial charge in [0.25, 0.3) is 0 Å². The molecule has 11 rings (SSSR count). The molecule has 0 spiro atoms. The van der Waals surface area contributed by atoms with Crippen molar-refractivity contribution in [3.05, 3.63) is 199 Å². The molecule has 0 fully saturated rings. The zero-order valence-electron chi connectivity index (χ0n) is 29.1. The average Bonchev–Trinajstić information content (AvgIpc) is 3.87. The van der Waals surface area contributed by atoms with E-state index in [9.17, 15) is 0 Å². The summed E-state index contributed by atoms with van der Waals surface area (Å²) in [6, 6.07) is 64.9. The van der Waals surface area contributed by atoms with Crippen molar-refractivity contribution in [3.63, 3.8) is 0 Å². The van der Waals surface area contributed by atoms with Gasteiger partial charge in [-0.25, -0.2) is 0 Å². The predicted molar refractivity (Wildman–Crippen MR) is 219 cm³/mol. The van der Waals surface area contributed by atoms with Gasteiger partial charge in [0.15, 0.2) is 0 Å². The van der Waals surface area contributed by atoms with Gasteiger partial charge in [0.05, 0.1) is 0 Å². The van der Waals surface area contributed by atoms with E-state index in [-0.39, 0.29) is 5.41 Å². The number of furan rings is 2. The summed E-state index contributed by atoms with van der Waals surface area (Å²) in [6.45, 7) is 2.35. The number of benzene rings is 8. The largest absolute Gasteiger partial charge is 0.456 e. The zero-order chi connectivity index (χ0) is 35.1. The molecule has 0 saturated carbocycles. The lowest BCUT2D eigenvalue weighted by molar-refractivity contribution is 0.638. The van der Waals surface area contributed by atoms with Gasteiger partial charge in [-0.3, -0.25) is 0 Å². The van der Waals surface area contributed by atoms with Crippen molar-refractivity contribution in [1.82, 2.24) is 0 Å². The van der Waals surface area contributed by atoms with Crippen LogP contribution in [0.1, 0.15) is 23.6 Å². The highest BCUT2D eigenvalue weighted by Gasteiger charge is 2.42. The summed E-state index contributed by atoms with van der Waals surface area (Å²) in [5, 5.41) is 4.49. The number of fused-ring (bicyclic) bond motifs is 9. The molecule has 0 amide bonds. The third kappa shape index (κ3) is 4.34. The number of hydrogen-bond acceptors (Lipinski definition) is 3. The molecule has 0 radical (unpaired) electrons. The van der Waals surface area contributed by atoms with Crippen LogP contribution >= 0.6 is 0 Å². The summed E-state index contributed by atoms with van der Waals surface area (Å²) in [5.41, 5.74) is 15.2. The number of hydrogen-bond donors (Lipinski definition) is 0. The molecule has 1 aliphatic rings. The summed E-state index contributed by atoms with van der Waals surface area (Å²) in [7, 11) is 0. The van der Waals surface area contributed by atoms with Gasteiger partial charge in [-0.1, -0.05) is 127 Å². The lowest BCUT2D eigenvalue weighted by atomic mass is 9.74. The SMILES string of the molecule is CC1(c2cccc3c2oc2cccc(-c4ccc(N(c5ccccc5)c5ccc6oc7ccccc7c6c5)cc4)c23)c2ccccc2-c2ccccc21. The number of anilines is 3. The van der Waals surface area contributed by atoms with Crippen LogP contribution in [-0.2, 0) is 5.41 Å². The van der Waals surface area contributed by atoms with E-state index in [0.717, 1.165) is 72.1 Å². The van der Waals surface area contributed by atoms with Crippen LogP contribution in [-0.4, -0.2) is 0 Å². The Bertz CT molecular complexity index is 2980. The van der Waals surface area contributed by atoms with Crippen LogP contribution in [0.3, 0.4) is 0 Å². The molecular formula is C50H33NO2. The summed E-state index contributed by atoms with van der Waals surface area (Å²) in [4.78, 5) is 2.31. The Balaban J connectivity index is 1.04. The first-order valence-corrected chi connectivity index (χ1v) is 18.2. The van der Waals surface area contributed by atoms with Crippen molar-refractivity contribution < 1.29 is 8.83 Å². The highest BCUT2D eigenvalue weighted by Crippen LogP contribution is 2.54. The Hall–Kier alpha value is -6.84. The first-order chi connectivity index (χ1) is 26.2. The van der Waals surface area contributed by atoms with Gasteiger partial charge in [-0.05, 0) is 94.9 Å². The fourth-order valence-corrected chi connectivity index (χ4v) is 8.89. The van der Waals surface area contributed by atoms with Crippen molar-refractivity contribution in [2.45, 2.75) is 12.3 Å². The highest BCUT2D eigenvalue weighted by atomic mass is 16.3. The van der Waals surface area contributed by atoms with E-state index in [2.05, 4.69) is 182 Å². The molecule has 53 heavy (non-hydrogen) atoms. The van der Waals surface area contributed by atoms with Gasteiger partial charge in [0, 0.05) is 49.6 Å². The maximum atomic E-state index is 6.87. The Labute approximate surface area is 307 Å². The zero-order valence-corrected chi connectivity index (χ0v) is 29.1. The molecule has 0 bridgehead atoms. The molecule has 8 aromatic carbocycles. The van der Waals surface area contributed by atoms with E-state index in [1.165, 1.54) is 27.8 Å². The maximum Gasteiger partial charge on any atom is 0.139 e. The predicted octanol–water partition coefficient (Wildman–Crippen LogP) is 14.0. The van der Waals surface area contributed by atoms with E-state index in [1.807, 2.05) is 12.1 Å². The second-order valence-corrected chi connectivity index (χ2v) is 14.2. The number of para-hydroxylation sites is 3. The Kier molecular flexibility index (Phi) is 6.38. The van der Waals surface area contributed by atoms with Crippen molar-refractivity contribution in [1.29, 1.82) is 0 Å². The number of nitrogens with zero attached hydrogens (tertiary/aromatic N) is 1. The fourth-order valence-electron chi connectivity index (χ4n) is 8.89. The smallest absolute Gasteiger partial charge is 0.139 e. The highest BCUT2D eigenvalue weighted by molar-refractivity contribution is 6.14. The first kappa shape index (κ1) is 29.8. The standard InChI is InChI=1S/C50H33NO2/c1-50(42-20-8-5-15-37(42)38-16-6-9-21-43(38)50)44-22-11-19-40-48-36(18-12-24-47(48)53-49(40)44)32-25-27-34(28-26-32)51(33-13-3-2-4-14-33)35-29-30-46-41(31-35)39-17-7-10-23-45(39)52-46/h2-31H,1H3. The molecule has 0 unspecified atom stereocenters. The van der Waals surface area contributed by atoms with E-state index >= 15 is 0 Å². The summed E-state index contributed by atoms with van der Waals surface area (Å²) >= 11 is 0. The molecule has 3 nitrogen and oxygen atoms in total. The Morgan fingerprint density at radius 3 is 1.75 bits per heavy atom. The summed E-state index contributed by atoms with van der Waals surface area (Å²) < 4.78 is 13.0. The third-order valence-corrected chi connectivity index (χ3v) is 11.4. The van der Waals surface area contributed by atoms with E-state index in [0.29, 0.717) is 0 Å². The molecule has 10 aromatic rings. The second-order valence-electron chi connectivity index (χ2n) is 14.2. The fraction of sp³-hybridized carbons (Fsp3) is 0.0400. The molecule has 0 N–H and O–H groups in total. The second kappa shape index (κ2) is 11.3. The molecule has 0 aliphatic heterocycles. The van der Waals surface area contributed by atoms with Crippen LogP contribution in [0, 0.1) is 0 Å². The molecule has 1 aliphatic carbocycles. The topological polar surface area (TPSA) is 29.5 Å². The Morgan fingerprint density at radius 1 is 0.396 bits per heavy atom. The van der Waals surface area contributed by atoms with Gasteiger partial charge >= 0.3 is 0 Å². The van der Waals surface area contributed by atoms with Crippen LogP contribution in [0.15, 0.2) is 191 Å². The molecule has 0 atom stereocenters. The van der Waals surface area contributed by atoms with Crippen molar-refractivity contribution in [3.8, 4) is 22.3 Å². The lowest BCUT2D eigenvalue weighted by Gasteiger charge is -2.28. The molecule has 0 saturated heterocycles. The van der Waals surface area contributed by atoms with Crippen LogP contribution in [0.5, 0.6) is 0 Å². The van der Waals surface area contributed by atoms with E-state index in [1.54, 1.807) is 0 Å². The molecule has 2 aromatic heterocycles. The first-order valence-electron chi connectivity index (χ1n) is 18.2. The van der Waals surface area contributed by atoms with Gasteiger partial charge in [-0.15, -0.1) is 0 Å². The molecule has 2 heterocycles. The quantitative estimate of drug-likeness (QED) is 0.181. The minimum Gasteiger partial charge on any atom is -0.456 e. The van der Waals surface area contributed by atoms with Crippen LogP contribution in [0.4, 0.5) is 17.1 Å². The van der Waals surface area contributed by atoms with Crippen molar-refractivity contribution >= 4 is 60.9 Å². The minimum atomic E-state index is -0.352. The lowest BCUT2D eigenvalue weighted by Crippen LogP contribution is -2.22. The summed E-state index contributed by atoms with van der Waals surface area (Å²) in [6.07, 6.45) is 0. The monoisotopic (exact) mass is 679 g/mol. The van der Waals surface area contributed by atoms with Crippen LogP contribution in [0.25, 0.3) is 66.1 Å². The maximum absolute atomic E-state index is 6.87. The molecule has 3 heteroatoms. The molecular weight excluding hydrogens is 647 g/mol. The van der Waals surface area contributed by atoms with E-state index in [4.69, 9.17) is 8.83 Å². The Morgan fingerprint density at radius 2 is 0.962 bits per heavy atom. The average molecular weight is 680 g/mol. The van der Waals surface area contributed by atoms with Gasteiger partial charge in [0.2, 0.25) is 0 Å². The number of rotatable bonds is 5. The van der Waals surface area contributed by atoms with Gasteiger partial charge in [-0.2, -0.15) is 0 Å². The van der Waals surface area contributed by atoms with E-state index < -0.39 is 0 Å². The van der Waals surface area contributed by atoms with Gasteiger partial charge in [0.1, 0.15) is 22.3 Å². The third-order valence-electron chi connectivity index (χ3n) is 11.4. The van der Waals surface area contributed by atoms with Crippen molar-refractivity contribution in [2.75, 3.05) is 4.90 Å². The minimum absolute atomic E-state index is 0.352. The van der Waals surface area contributed by atoms with Crippen LogP contribution in [0.2, 0.25) is 0 Å². The van der Waals surface area contributed by atoms with Gasteiger partial charge < -0.3 is 13.7 Å². The summed E-state index contributed by atoms with van der Waals surface area (Å²) in [5.74, 6) is 0.